The maximum absolute atomic E-state index is 12.6. The molecule has 2 N–H and O–H groups in total. The van der Waals surface area contributed by atoms with Gasteiger partial charge in [-0.25, -0.2) is 9.67 Å². The highest BCUT2D eigenvalue weighted by molar-refractivity contribution is 7.17. The normalized spacial score (nSPS) is 10.9. The van der Waals surface area contributed by atoms with Gasteiger partial charge in [-0.2, -0.15) is 5.10 Å². The fraction of sp³-hybridized carbons (Fsp3) is 0.250. The second-order valence-corrected chi connectivity index (χ2v) is 9.68. The number of anilines is 1. The highest BCUT2D eigenvalue weighted by atomic mass is 32.1. The van der Waals surface area contributed by atoms with Gasteiger partial charge in [0.1, 0.15) is 0 Å². The van der Waals surface area contributed by atoms with E-state index in [0.29, 0.717) is 24.5 Å². The molecule has 0 saturated heterocycles. The van der Waals surface area contributed by atoms with Crippen LogP contribution in [0.5, 0.6) is 0 Å². The molecular weight excluding hydrogens is 454 g/mol. The van der Waals surface area contributed by atoms with Gasteiger partial charge < -0.3 is 10.6 Å². The Hall–Kier alpha value is -3.30. The Kier molecular flexibility index (Phi) is 7.00. The highest BCUT2D eigenvalue weighted by Gasteiger charge is 2.15. The van der Waals surface area contributed by atoms with Crippen molar-refractivity contribution >= 4 is 39.6 Å². The van der Waals surface area contributed by atoms with Crippen LogP contribution in [0, 0.1) is 13.8 Å². The van der Waals surface area contributed by atoms with E-state index in [2.05, 4.69) is 20.7 Å². The van der Waals surface area contributed by atoms with Crippen LogP contribution in [-0.2, 0) is 22.6 Å². The lowest BCUT2D eigenvalue weighted by atomic mass is 10.1. The number of amides is 2. The Morgan fingerprint density at radius 3 is 2.64 bits per heavy atom. The fourth-order valence-corrected chi connectivity index (χ4v) is 5.25. The van der Waals surface area contributed by atoms with Crippen molar-refractivity contribution < 1.29 is 9.59 Å². The number of carbonyl (C=O) groups is 2. The second kappa shape index (κ2) is 10.1. The zero-order chi connectivity index (χ0) is 23.4. The van der Waals surface area contributed by atoms with Crippen LogP contribution in [0.3, 0.4) is 0 Å². The molecule has 9 heteroatoms. The molecule has 0 aliphatic carbocycles. The lowest BCUT2D eigenvalue weighted by Gasteiger charge is -2.05. The maximum Gasteiger partial charge on any atom is 0.226 e. The minimum Gasteiger partial charge on any atom is -0.351 e. The Morgan fingerprint density at radius 2 is 1.88 bits per heavy atom. The number of carbonyl (C=O) groups excluding carboxylic acids is 2. The zero-order valence-electron chi connectivity index (χ0n) is 18.7. The second-order valence-electron chi connectivity index (χ2n) is 7.66. The number of hydrogen-bond acceptors (Lipinski definition) is 6. The van der Waals surface area contributed by atoms with Crippen molar-refractivity contribution in [3.63, 3.8) is 0 Å². The Morgan fingerprint density at radius 1 is 1.09 bits per heavy atom. The summed E-state index contributed by atoms with van der Waals surface area (Å²) < 4.78 is 1.93. The molecule has 0 fully saturated rings. The van der Waals surface area contributed by atoms with Crippen molar-refractivity contribution in [2.45, 2.75) is 40.2 Å². The predicted molar refractivity (Wildman–Crippen MR) is 133 cm³/mol. The van der Waals surface area contributed by atoms with Gasteiger partial charge in [0.05, 0.1) is 28.5 Å². The van der Waals surface area contributed by atoms with Crippen molar-refractivity contribution in [1.29, 1.82) is 0 Å². The number of aromatic nitrogens is 3. The first-order valence-corrected chi connectivity index (χ1v) is 12.3. The summed E-state index contributed by atoms with van der Waals surface area (Å²) in [6.45, 7) is 6.03. The molecule has 1 aromatic carbocycles. The summed E-state index contributed by atoms with van der Waals surface area (Å²) >= 11 is 2.99. The topological polar surface area (TPSA) is 88.9 Å². The van der Waals surface area contributed by atoms with Crippen molar-refractivity contribution in [3.8, 4) is 16.3 Å². The van der Waals surface area contributed by atoms with E-state index in [9.17, 15) is 9.59 Å². The minimum atomic E-state index is -0.0697. The number of benzene rings is 1. The fourth-order valence-electron chi connectivity index (χ4n) is 3.54. The van der Waals surface area contributed by atoms with E-state index < -0.39 is 0 Å². The number of thiophene rings is 1. The number of rotatable bonds is 8. The van der Waals surface area contributed by atoms with Crippen molar-refractivity contribution in [1.82, 2.24) is 20.1 Å². The van der Waals surface area contributed by atoms with Crippen LogP contribution in [0.4, 0.5) is 5.13 Å². The van der Waals surface area contributed by atoms with Crippen molar-refractivity contribution in [2.75, 3.05) is 5.32 Å². The third-order valence-electron chi connectivity index (χ3n) is 5.22. The average molecular weight is 480 g/mol. The molecule has 0 aliphatic rings. The van der Waals surface area contributed by atoms with Crippen molar-refractivity contribution in [2.24, 2.45) is 0 Å². The number of hydrogen-bond donors (Lipinski definition) is 2. The Bertz CT molecular complexity index is 1270. The van der Waals surface area contributed by atoms with Gasteiger partial charge in [0.15, 0.2) is 5.13 Å². The molecule has 3 heterocycles. The third-order valence-corrected chi connectivity index (χ3v) is 7.09. The predicted octanol–water partition coefficient (Wildman–Crippen LogP) is 4.88. The molecule has 0 radical (unpaired) electrons. The highest BCUT2D eigenvalue weighted by Crippen LogP contribution is 2.31. The molecule has 0 unspecified atom stereocenters. The number of thiazole rings is 1. The van der Waals surface area contributed by atoms with Gasteiger partial charge in [-0.3, -0.25) is 9.59 Å². The molecule has 2 amide bonds. The summed E-state index contributed by atoms with van der Waals surface area (Å²) in [6, 6.07) is 14.0. The molecule has 0 spiro atoms. The lowest BCUT2D eigenvalue weighted by Crippen LogP contribution is -2.17. The standard InChI is InChI=1S/C24H25N5O2S2/c1-15-20(16(2)29(28-15)18-7-5-4-6-8-18)10-12-23(31)27-24-26-21(14-32-24)22-11-9-19(33-22)13-25-17(3)30/h4-9,11,14H,10,12-13H2,1-3H3,(H,25,30)(H,26,27,31). The van der Waals surface area contributed by atoms with Gasteiger partial charge in [-0.1, -0.05) is 18.2 Å². The van der Waals surface area contributed by atoms with Crippen LogP contribution in [0.25, 0.3) is 16.3 Å². The van der Waals surface area contributed by atoms with E-state index in [0.717, 1.165) is 38.1 Å². The molecule has 4 rings (SSSR count). The molecule has 170 valence electrons. The van der Waals surface area contributed by atoms with Gasteiger partial charge in [0.2, 0.25) is 11.8 Å². The van der Waals surface area contributed by atoms with Crippen LogP contribution >= 0.6 is 22.7 Å². The smallest absolute Gasteiger partial charge is 0.226 e. The first-order chi connectivity index (χ1) is 15.9. The third kappa shape index (κ3) is 5.55. The number of nitrogens with one attached hydrogen (secondary N) is 2. The van der Waals surface area contributed by atoms with Crippen LogP contribution in [0.15, 0.2) is 47.8 Å². The van der Waals surface area contributed by atoms with E-state index in [1.54, 1.807) is 11.3 Å². The quantitative estimate of drug-likeness (QED) is 0.377. The summed E-state index contributed by atoms with van der Waals surface area (Å²) in [7, 11) is 0. The SMILES string of the molecule is CC(=O)NCc1ccc(-c2csc(NC(=O)CCc3c(C)nn(-c4ccccc4)c3C)n2)s1. The number of aryl methyl sites for hydroxylation is 1. The number of para-hydroxylation sites is 1. The van der Waals surface area contributed by atoms with Gasteiger partial charge in [-0.15, -0.1) is 22.7 Å². The first kappa shape index (κ1) is 22.9. The summed E-state index contributed by atoms with van der Waals surface area (Å²) in [5.74, 6) is -0.124. The molecule has 0 saturated carbocycles. The molecule has 4 aromatic rings. The molecule has 0 bridgehead atoms. The van der Waals surface area contributed by atoms with Gasteiger partial charge in [0, 0.05) is 29.3 Å². The monoisotopic (exact) mass is 479 g/mol. The van der Waals surface area contributed by atoms with Crippen LogP contribution in [0.1, 0.15) is 35.2 Å². The van der Waals surface area contributed by atoms with E-state index >= 15 is 0 Å². The van der Waals surface area contributed by atoms with Crippen LogP contribution in [0.2, 0.25) is 0 Å². The van der Waals surface area contributed by atoms with Gasteiger partial charge in [0.25, 0.3) is 0 Å². The van der Waals surface area contributed by atoms with E-state index in [1.165, 1.54) is 18.3 Å². The largest absolute Gasteiger partial charge is 0.351 e. The van der Waals surface area contributed by atoms with Gasteiger partial charge in [-0.05, 0) is 50.1 Å². The average Bonchev–Trinajstić information content (AvgIpc) is 3.51. The first-order valence-electron chi connectivity index (χ1n) is 10.6. The van der Waals surface area contributed by atoms with Crippen LogP contribution < -0.4 is 10.6 Å². The molecule has 0 atom stereocenters. The molecule has 33 heavy (non-hydrogen) atoms. The molecule has 3 aromatic heterocycles. The number of nitrogens with zero attached hydrogens (tertiary/aromatic N) is 3. The summed E-state index contributed by atoms with van der Waals surface area (Å²) in [6.07, 6.45) is 0.975. The molecular formula is C24H25N5O2S2. The van der Waals surface area contributed by atoms with Crippen LogP contribution in [-0.4, -0.2) is 26.6 Å². The molecule has 7 nitrogen and oxygen atoms in total. The van der Waals surface area contributed by atoms with Gasteiger partial charge >= 0.3 is 0 Å². The van der Waals surface area contributed by atoms with E-state index in [-0.39, 0.29) is 11.8 Å². The lowest BCUT2D eigenvalue weighted by molar-refractivity contribution is -0.119. The van der Waals surface area contributed by atoms with E-state index in [1.807, 2.05) is 66.4 Å². The minimum absolute atomic E-state index is 0.0543. The molecule has 0 aliphatic heterocycles. The summed E-state index contributed by atoms with van der Waals surface area (Å²) in [5, 5.41) is 12.9. The summed E-state index contributed by atoms with van der Waals surface area (Å²) in [4.78, 5) is 30.3. The summed E-state index contributed by atoms with van der Waals surface area (Å²) in [5.41, 5.74) is 4.92. The Labute approximate surface area is 200 Å². The maximum atomic E-state index is 12.6. The Balaban J connectivity index is 1.35. The van der Waals surface area contributed by atoms with Crippen molar-refractivity contribution in [3.05, 3.63) is 69.7 Å². The van der Waals surface area contributed by atoms with E-state index in [4.69, 9.17) is 0 Å². The zero-order valence-corrected chi connectivity index (χ0v) is 20.3.